The van der Waals surface area contributed by atoms with E-state index in [0.717, 1.165) is 107 Å². The summed E-state index contributed by atoms with van der Waals surface area (Å²) in [6.07, 6.45) is 6.80. The van der Waals surface area contributed by atoms with Gasteiger partial charge in [0.05, 0.1) is 18.0 Å². The zero-order valence-electron chi connectivity index (χ0n) is 31.8. The van der Waals surface area contributed by atoms with Crippen LogP contribution in [0.4, 0.5) is 0 Å². The summed E-state index contributed by atoms with van der Waals surface area (Å²) in [7, 11) is 0. The molecule has 0 amide bonds. The van der Waals surface area contributed by atoms with E-state index in [1.807, 2.05) is 12.1 Å². The molecule has 15 rings (SSSR count). The number of ether oxygens (including phenoxy) is 3. The van der Waals surface area contributed by atoms with Gasteiger partial charge < -0.3 is 14.2 Å². The number of para-hydroxylation sites is 5. The highest BCUT2D eigenvalue weighted by atomic mass is 16.5. The molecule has 0 bridgehead atoms. The fourth-order valence-electron chi connectivity index (χ4n) is 11.0. The highest BCUT2D eigenvalue weighted by molar-refractivity contribution is 6.12. The van der Waals surface area contributed by atoms with Gasteiger partial charge >= 0.3 is 5.66 Å². The van der Waals surface area contributed by atoms with Crippen LogP contribution in [0.1, 0.15) is 33.4 Å². The lowest BCUT2D eigenvalue weighted by molar-refractivity contribution is -0.993. The third-order valence-electron chi connectivity index (χ3n) is 13.2. The summed E-state index contributed by atoms with van der Waals surface area (Å²) < 4.78 is 30.1. The Bertz CT molecular complexity index is 3620. The minimum atomic E-state index is -0.788. The molecule has 8 heterocycles. The van der Waals surface area contributed by atoms with E-state index in [1.54, 1.807) is 0 Å². The lowest BCUT2D eigenvalue weighted by Crippen LogP contribution is -2.76. The Kier molecular flexibility index (Phi) is 5.49. The van der Waals surface area contributed by atoms with Gasteiger partial charge in [0.2, 0.25) is 6.20 Å². The van der Waals surface area contributed by atoms with Gasteiger partial charge in [0.25, 0.3) is 5.82 Å². The fourth-order valence-corrected chi connectivity index (χ4v) is 11.0. The molecule has 60 heavy (non-hydrogen) atoms. The largest absolute Gasteiger partial charge is 0.456 e. The molecule has 7 aromatic carbocycles. The molecule has 3 aromatic heterocycles. The normalized spacial score (nSPS) is 16.4. The molecule has 0 N–H and O–H groups in total. The highest BCUT2D eigenvalue weighted by Gasteiger charge is 2.68. The van der Waals surface area contributed by atoms with Gasteiger partial charge in [-0.15, -0.1) is 4.68 Å². The van der Waals surface area contributed by atoms with E-state index in [1.165, 1.54) is 16.3 Å². The second-order valence-corrected chi connectivity index (χ2v) is 16.1. The standard InChI is InChI=1S/C53H30N4O3/c1-5-19-39-33(13-1)34-26-27-45-50-51(34)57(39)46-25-9-10-28-54(46)53(50)49-40(20-12-24-44(49)59-45)55-29-31(30-56(53)55)32-17-11-18-38-48(37-16-4-8-23-43(37)60-52(32)38)47-35-14-2-6-21-41(35)58-42-22-7-3-15-36(42)47/h1-30H/q+2. The van der Waals surface area contributed by atoms with E-state index in [9.17, 15) is 0 Å². The first-order valence-corrected chi connectivity index (χ1v) is 20.3. The molecule has 0 radical (unpaired) electrons. The number of pyridine rings is 1. The van der Waals surface area contributed by atoms with Crippen LogP contribution in [0.3, 0.4) is 0 Å². The van der Waals surface area contributed by atoms with Crippen LogP contribution >= 0.6 is 0 Å². The Labute approximate surface area is 343 Å². The van der Waals surface area contributed by atoms with Gasteiger partial charge in [-0.2, -0.15) is 9.13 Å². The zero-order valence-corrected chi connectivity index (χ0v) is 31.8. The van der Waals surface area contributed by atoms with Crippen molar-refractivity contribution in [3.05, 3.63) is 216 Å². The summed E-state index contributed by atoms with van der Waals surface area (Å²) >= 11 is 0. The van der Waals surface area contributed by atoms with Crippen molar-refractivity contribution in [3.8, 4) is 57.1 Å². The van der Waals surface area contributed by atoms with E-state index < -0.39 is 5.66 Å². The second kappa shape index (κ2) is 10.7. The van der Waals surface area contributed by atoms with Crippen molar-refractivity contribution in [1.82, 2.24) is 9.25 Å². The van der Waals surface area contributed by atoms with Crippen molar-refractivity contribution in [2.75, 3.05) is 0 Å². The predicted octanol–water partition coefficient (Wildman–Crippen LogP) is 11.1. The molecule has 1 atom stereocenters. The van der Waals surface area contributed by atoms with Crippen LogP contribution < -0.4 is 23.5 Å². The van der Waals surface area contributed by atoms with Crippen LogP contribution in [0.25, 0.3) is 55.6 Å². The van der Waals surface area contributed by atoms with Crippen molar-refractivity contribution in [1.29, 1.82) is 0 Å². The molecule has 0 saturated carbocycles. The quantitative estimate of drug-likeness (QED) is 0.156. The van der Waals surface area contributed by atoms with Crippen LogP contribution in [-0.4, -0.2) is 9.25 Å². The van der Waals surface area contributed by atoms with Crippen molar-refractivity contribution >= 4 is 33.0 Å². The Morgan fingerprint density at radius 2 is 1.08 bits per heavy atom. The highest BCUT2D eigenvalue weighted by Crippen LogP contribution is 2.57. The number of benzene rings is 7. The van der Waals surface area contributed by atoms with Crippen LogP contribution in [0.2, 0.25) is 0 Å². The summed E-state index contributed by atoms with van der Waals surface area (Å²) in [5, 5.41) is 2.42. The molecule has 5 aliphatic rings. The van der Waals surface area contributed by atoms with Gasteiger partial charge in [-0.25, -0.2) is 0 Å². The molecule has 0 saturated heterocycles. The maximum Gasteiger partial charge on any atom is 0.397 e. The lowest BCUT2D eigenvalue weighted by Gasteiger charge is -2.32. The number of aromatic nitrogens is 4. The molecule has 7 heteroatoms. The summed E-state index contributed by atoms with van der Waals surface area (Å²) in [5.41, 5.74) is 13.3. The average Bonchev–Trinajstić information content (AvgIpc) is 3.97. The van der Waals surface area contributed by atoms with E-state index in [2.05, 4.69) is 189 Å². The first-order chi connectivity index (χ1) is 29.8. The van der Waals surface area contributed by atoms with Crippen molar-refractivity contribution in [2.45, 2.75) is 5.66 Å². The molecule has 7 nitrogen and oxygen atoms in total. The Hall–Kier alpha value is -8.16. The molecule has 278 valence electrons. The third-order valence-corrected chi connectivity index (χ3v) is 13.2. The number of rotatable bonds is 1. The first-order valence-electron chi connectivity index (χ1n) is 20.3. The van der Waals surface area contributed by atoms with Crippen LogP contribution in [-0.2, 0) is 5.66 Å². The summed E-state index contributed by atoms with van der Waals surface area (Å²) in [6.45, 7) is 0. The van der Waals surface area contributed by atoms with Crippen molar-refractivity contribution < 1.29 is 23.5 Å². The zero-order chi connectivity index (χ0) is 38.8. The Morgan fingerprint density at radius 1 is 0.467 bits per heavy atom. The number of hydrogen-bond donors (Lipinski definition) is 0. The molecule has 10 aromatic rings. The predicted molar refractivity (Wildman–Crippen MR) is 229 cm³/mol. The van der Waals surface area contributed by atoms with Crippen molar-refractivity contribution in [3.63, 3.8) is 0 Å². The Morgan fingerprint density at radius 3 is 1.90 bits per heavy atom. The van der Waals surface area contributed by atoms with E-state index >= 15 is 0 Å². The van der Waals surface area contributed by atoms with Gasteiger partial charge in [-0.3, -0.25) is 0 Å². The Balaban J connectivity index is 1.03. The molecule has 5 aliphatic heterocycles. The van der Waals surface area contributed by atoms with Gasteiger partial charge in [0.1, 0.15) is 51.3 Å². The number of nitrogens with zero attached hydrogens (tertiary/aromatic N) is 4. The minimum Gasteiger partial charge on any atom is -0.456 e. The molecule has 1 spiro atoms. The van der Waals surface area contributed by atoms with Crippen molar-refractivity contribution in [2.24, 2.45) is 0 Å². The van der Waals surface area contributed by atoms with Crippen LogP contribution in [0.5, 0.6) is 34.5 Å². The monoisotopic (exact) mass is 770 g/mol. The van der Waals surface area contributed by atoms with E-state index in [-0.39, 0.29) is 0 Å². The average molecular weight is 771 g/mol. The molecular weight excluding hydrogens is 741 g/mol. The topological polar surface area (TPSA) is 45.3 Å². The lowest BCUT2D eigenvalue weighted by atomic mass is 9.81. The first kappa shape index (κ1) is 30.9. The summed E-state index contributed by atoms with van der Waals surface area (Å²) in [4.78, 5) is 0. The number of hydrogen-bond acceptors (Lipinski definition) is 3. The maximum atomic E-state index is 7.07. The smallest absolute Gasteiger partial charge is 0.397 e. The van der Waals surface area contributed by atoms with Gasteiger partial charge in [0, 0.05) is 55.8 Å². The van der Waals surface area contributed by atoms with Crippen LogP contribution in [0.15, 0.2) is 182 Å². The summed E-state index contributed by atoms with van der Waals surface area (Å²) in [6, 6.07) is 57.7. The van der Waals surface area contributed by atoms with Gasteiger partial charge in [-0.05, 0) is 60.7 Å². The van der Waals surface area contributed by atoms with Gasteiger partial charge in [-0.1, -0.05) is 102 Å². The number of fused-ring (bicyclic) bond motifs is 11. The molecule has 0 aliphatic carbocycles. The summed E-state index contributed by atoms with van der Waals surface area (Å²) in [5.74, 6) is 6.12. The van der Waals surface area contributed by atoms with Gasteiger partial charge in [0.15, 0.2) is 11.1 Å². The second-order valence-electron chi connectivity index (χ2n) is 16.1. The SMILES string of the molecule is c1ccc2c(c1)Oc1ccccc1C2=C1c2ccccc2Oc2c1cccc2-c1cn2[n+](c1)C13c4c(cccc4-2)Oc2ccc4c5ccccc5n(c4c21)-c1cccc[n+]13. The molecule has 1 unspecified atom stereocenters. The maximum absolute atomic E-state index is 7.07. The minimum absolute atomic E-state index is 0.788. The van der Waals surface area contributed by atoms with E-state index in [4.69, 9.17) is 14.2 Å². The third kappa shape index (κ3) is 3.52. The molecule has 0 fully saturated rings. The molecular formula is C53H30N4O3+2. The fraction of sp³-hybridized carbons (Fsp3) is 0.0189. The van der Waals surface area contributed by atoms with E-state index in [0.29, 0.717) is 0 Å². The van der Waals surface area contributed by atoms with Crippen LogP contribution in [0, 0.1) is 0 Å².